The molecule has 1 aromatic carbocycles. The van der Waals surface area contributed by atoms with Gasteiger partial charge < -0.3 is 19.9 Å². The number of halogens is 1. The fourth-order valence-corrected chi connectivity index (χ4v) is 3.78. The molecule has 0 radical (unpaired) electrons. The van der Waals surface area contributed by atoms with Gasteiger partial charge in [-0.05, 0) is 49.5 Å². The second-order valence-corrected chi connectivity index (χ2v) is 7.43. The molecule has 2 aliphatic rings. The SMILES string of the molecule is CCCN1CCC(CNC(=O)N2CCOC(c3ccc(Cl)cc3)C2)C1. The molecule has 3 rings (SSSR count). The maximum Gasteiger partial charge on any atom is 0.317 e. The third kappa shape index (κ3) is 5.09. The Morgan fingerprint density at radius 3 is 2.84 bits per heavy atom. The number of urea groups is 1. The number of ether oxygens (including phenoxy) is 1. The molecular formula is C19H28ClN3O2. The molecule has 2 unspecified atom stereocenters. The first kappa shape index (κ1) is 18.5. The number of nitrogens with one attached hydrogen (secondary N) is 1. The summed E-state index contributed by atoms with van der Waals surface area (Å²) in [4.78, 5) is 16.9. The van der Waals surface area contributed by atoms with Gasteiger partial charge in [0.2, 0.25) is 0 Å². The van der Waals surface area contributed by atoms with Crippen LogP contribution in [-0.4, -0.2) is 61.7 Å². The fraction of sp³-hybridized carbons (Fsp3) is 0.632. The lowest BCUT2D eigenvalue weighted by Crippen LogP contribution is -2.48. The molecule has 2 fully saturated rings. The Kier molecular flexibility index (Phi) is 6.57. The number of morpholine rings is 1. The van der Waals surface area contributed by atoms with Crippen LogP contribution in [0.3, 0.4) is 0 Å². The van der Waals surface area contributed by atoms with Crippen LogP contribution in [0.1, 0.15) is 31.4 Å². The van der Waals surface area contributed by atoms with Crippen molar-refractivity contribution >= 4 is 17.6 Å². The van der Waals surface area contributed by atoms with E-state index in [1.165, 1.54) is 12.8 Å². The zero-order valence-corrected chi connectivity index (χ0v) is 15.7. The Morgan fingerprint density at radius 2 is 2.08 bits per heavy atom. The van der Waals surface area contributed by atoms with Crippen LogP contribution in [0.25, 0.3) is 0 Å². The van der Waals surface area contributed by atoms with Crippen LogP contribution in [0.4, 0.5) is 4.79 Å². The van der Waals surface area contributed by atoms with Crippen LogP contribution < -0.4 is 5.32 Å². The molecule has 5 nitrogen and oxygen atoms in total. The van der Waals surface area contributed by atoms with Crippen molar-refractivity contribution in [3.8, 4) is 0 Å². The van der Waals surface area contributed by atoms with Gasteiger partial charge in [0.25, 0.3) is 0 Å². The van der Waals surface area contributed by atoms with Crippen LogP contribution in [0.15, 0.2) is 24.3 Å². The second kappa shape index (κ2) is 8.88. The monoisotopic (exact) mass is 365 g/mol. The molecule has 2 heterocycles. The standard InChI is InChI=1S/C19H28ClN3O2/c1-2-8-22-9-7-15(13-22)12-21-19(24)23-10-11-25-18(14-23)16-3-5-17(20)6-4-16/h3-6,15,18H,2,7-14H2,1H3,(H,21,24). The zero-order chi connectivity index (χ0) is 17.6. The minimum Gasteiger partial charge on any atom is -0.370 e. The molecule has 6 heteroatoms. The van der Waals surface area contributed by atoms with E-state index in [0.29, 0.717) is 30.6 Å². The van der Waals surface area contributed by atoms with E-state index in [0.717, 1.165) is 31.7 Å². The van der Waals surface area contributed by atoms with Crippen LogP contribution in [0.5, 0.6) is 0 Å². The molecule has 2 aliphatic heterocycles. The van der Waals surface area contributed by atoms with Gasteiger partial charge in [-0.3, -0.25) is 0 Å². The fourth-order valence-electron chi connectivity index (χ4n) is 3.66. The highest BCUT2D eigenvalue weighted by atomic mass is 35.5. The number of amides is 2. The summed E-state index contributed by atoms with van der Waals surface area (Å²) in [6.45, 7) is 8.19. The van der Waals surface area contributed by atoms with Crippen molar-refractivity contribution in [2.75, 3.05) is 45.9 Å². The summed E-state index contributed by atoms with van der Waals surface area (Å²) >= 11 is 5.94. The van der Waals surface area contributed by atoms with E-state index in [2.05, 4.69) is 17.1 Å². The van der Waals surface area contributed by atoms with E-state index >= 15 is 0 Å². The van der Waals surface area contributed by atoms with Crippen LogP contribution in [-0.2, 0) is 4.74 Å². The minimum absolute atomic E-state index is 0.0243. The predicted molar refractivity (Wildman–Crippen MR) is 100.0 cm³/mol. The molecule has 0 saturated carbocycles. The first-order valence-electron chi connectivity index (χ1n) is 9.28. The van der Waals surface area contributed by atoms with Crippen molar-refractivity contribution in [2.45, 2.75) is 25.9 Å². The molecule has 2 amide bonds. The van der Waals surface area contributed by atoms with Gasteiger partial charge in [0, 0.05) is 24.7 Å². The largest absolute Gasteiger partial charge is 0.370 e. The Hall–Kier alpha value is -1.30. The van der Waals surface area contributed by atoms with Gasteiger partial charge in [0.1, 0.15) is 6.10 Å². The number of hydrogen-bond acceptors (Lipinski definition) is 3. The number of likely N-dealkylation sites (tertiary alicyclic amines) is 1. The summed E-state index contributed by atoms with van der Waals surface area (Å²) < 4.78 is 5.83. The smallest absolute Gasteiger partial charge is 0.317 e. The van der Waals surface area contributed by atoms with Crippen molar-refractivity contribution in [3.63, 3.8) is 0 Å². The quantitative estimate of drug-likeness (QED) is 0.871. The molecule has 2 atom stereocenters. The lowest BCUT2D eigenvalue weighted by molar-refractivity contribution is -0.0155. The summed E-state index contributed by atoms with van der Waals surface area (Å²) in [7, 11) is 0. The van der Waals surface area contributed by atoms with Crippen molar-refractivity contribution < 1.29 is 9.53 Å². The highest BCUT2D eigenvalue weighted by Gasteiger charge is 2.27. The summed E-state index contributed by atoms with van der Waals surface area (Å²) in [6, 6.07) is 7.68. The third-order valence-corrected chi connectivity index (χ3v) is 5.30. The average Bonchev–Trinajstić information content (AvgIpc) is 3.08. The number of carbonyl (C=O) groups is 1. The van der Waals surface area contributed by atoms with Crippen molar-refractivity contribution in [3.05, 3.63) is 34.9 Å². The first-order valence-corrected chi connectivity index (χ1v) is 9.65. The second-order valence-electron chi connectivity index (χ2n) is 7.00. The van der Waals surface area contributed by atoms with Crippen LogP contribution >= 0.6 is 11.6 Å². The van der Waals surface area contributed by atoms with Crippen LogP contribution in [0, 0.1) is 5.92 Å². The number of hydrogen-bond donors (Lipinski definition) is 1. The van der Waals surface area contributed by atoms with Crippen molar-refractivity contribution in [1.82, 2.24) is 15.1 Å². The average molecular weight is 366 g/mol. The molecule has 0 spiro atoms. The van der Waals surface area contributed by atoms with Gasteiger partial charge in [-0.1, -0.05) is 30.7 Å². The molecule has 0 aliphatic carbocycles. The van der Waals surface area contributed by atoms with Crippen LogP contribution in [0.2, 0.25) is 5.02 Å². The van der Waals surface area contributed by atoms with E-state index < -0.39 is 0 Å². The summed E-state index contributed by atoms with van der Waals surface area (Å²) in [5.74, 6) is 0.573. The zero-order valence-electron chi connectivity index (χ0n) is 14.9. The minimum atomic E-state index is -0.0803. The van der Waals surface area contributed by atoms with Crippen molar-refractivity contribution in [1.29, 1.82) is 0 Å². The number of benzene rings is 1. The summed E-state index contributed by atoms with van der Waals surface area (Å²) in [5, 5.41) is 3.83. The maximum absolute atomic E-state index is 12.5. The third-order valence-electron chi connectivity index (χ3n) is 5.05. The van der Waals surface area contributed by atoms with Crippen molar-refractivity contribution in [2.24, 2.45) is 5.92 Å². The van der Waals surface area contributed by atoms with Gasteiger partial charge in [-0.15, -0.1) is 0 Å². The van der Waals surface area contributed by atoms with E-state index in [-0.39, 0.29) is 12.1 Å². The van der Waals surface area contributed by atoms with E-state index in [9.17, 15) is 4.79 Å². The molecule has 0 bridgehead atoms. The number of carbonyl (C=O) groups excluding carboxylic acids is 1. The normalized spacial score (nSPS) is 24.5. The van der Waals surface area contributed by atoms with E-state index in [1.807, 2.05) is 29.2 Å². The molecule has 25 heavy (non-hydrogen) atoms. The molecule has 1 N–H and O–H groups in total. The van der Waals surface area contributed by atoms with Gasteiger partial charge >= 0.3 is 6.03 Å². The Balaban J connectivity index is 1.46. The number of rotatable bonds is 5. The molecule has 1 aromatic rings. The van der Waals surface area contributed by atoms with E-state index in [4.69, 9.17) is 16.3 Å². The summed E-state index contributed by atoms with van der Waals surface area (Å²) in [5.41, 5.74) is 1.06. The summed E-state index contributed by atoms with van der Waals surface area (Å²) in [6.07, 6.45) is 2.29. The molecule has 0 aromatic heterocycles. The van der Waals surface area contributed by atoms with Gasteiger partial charge in [0.05, 0.1) is 13.2 Å². The molecular weight excluding hydrogens is 338 g/mol. The predicted octanol–water partition coefficient (Wildman–Crippen LogP) is 3.15. The molecule has 2 saturated heterocycles. The van der Waals surface area contributed by atoms with Gasteiger partial charge in [-0.25, -0.2) is 4.79 Å². The highest BCUT2D eigenvalue weighted by Crippen LogP contribution is 2.24. The first-order chi connectivity index (χ1) is 12.2. The lowest BCUT2D eigenvalue weighted by Gasteiger charge is -2.33. The lowest BCUT2D eigenvalue weighted by atomic mass is 10.1. The highest BCUT2D eigenvalue weighted by molar-refractivity contribution is 6.30. The Labute approximate surface area is 155 Å². The van der Waals surface area contributed by atoms with Gasteiger partial charge in [-0.2, -0.15) is 0 Å². The number of nitrogens with zero attached hydrogens (tertiary/aromatic N) is 2. The molecule has 138 valence electrons. The topological polar surface area (TPSA) is 44.8 Å². The maximum atomic E-state index is 12.5. The Bertz CT molecular complexity index is 566. The Morgan fingerprint density at radius 1 is 1.28 bits per heavy atom. The van der Waals surface area contributed by atoms with E-state index in [1.54, 1.807) is 0 Å². The van der Waals surface area contributed by atoms with Gasteiger partial charge in [0.15, 0.2) is 0 Å².